The minimum Gasteiger partial charge on any atom is -0.329 e. The summed E-state index contributed by atoms with van der Waals surface area (Å²) in [5, 5.41) is 3.48. The summed E-state index contributed by atoms with van der Waals surface area (Å²) < 4.78 is 0. The summed E-state index contributed by atoms with van der Waals surface area (Å²) >= 11 is 0. The van der Waals surface area contributed by atoms with Gasteiger partial charge in [0, 0.05) is 65.4 Å². The molecule has 5 nitrogen and oxygen atoms in total. The quantitative estimate of drug-likeness (QED) is 0.520. The molecule has 0 saturated carbocycles. The van der Waals surface area contributed by atoms with Gasteiger partial charge < -0.3 is 16.0 Å². The summed E-state index contributed by atoms with van der Waals surface area (Å²) in [7, 11) is 4.22. The van der Waals surface area contributed by atoms with Crippen LogP contribution in [0.4, 0.5) is 0 Å². The molecular formula is C12H29N5. The van der Waals surface area contributed by atoms with E-state index in [1.807, 2.05) is 0 Å². The normalized spacial score (nSPS) is 19.1. The molecule has 0 unspecified atom stereocenters. The minimum atomic E-state index is 0.784. The molecule has 3 N–H and O–H groups in total. The molecule has 17 heavy (non-hydrogen) atoms. The van der Waals surface area contributed by atoms with E-state index in [1.54, 1.807) is 0 Å². The highest BCUT2D eigenvalue weighted by Gasteiger charge is 2.14. The maximum atomic E-state index is 5.56. The zero-order valence-electron chi connectivity index (χ0n) is 11.5. The van der Waals surface area contributed by atoms with Gasteiger partial charge in [0.2, 0.25) is 0 Å². The second kappa shape index (κ2) is 8.83. The Hall–Kier alpha value is -0.200. The average Bonchev–Trinajstić information content (AvgIpc) is 2.31. The van der Waals surface area contributed by atoms with Crippen LogP contribution >= 0.6 is 0 Å². The molecule has 1 rings (SSSR count). The van der Waals surface area contributed by atoms with Crippen LogP contribution < -0.4 is 11.1 Å². The monoisotopic (exact) mass is 243 g/mol. The van der Waals surface area contributed by atoms with Crippen molar-refractivity contribution < 1.29 is 0 Å². The van der Waals surface area contributed by atoms with Crippen molar-refractivity contribution in [2.24, 2.45) is 5.73 Å². The smallest absolute Gasteiger partial charge is 0.0110 e. The van der Waals surface area contributed by atoms with Crippen molar-refractivity contribution in [3.63, 3.8) is 0 Å². The van der Waals surface area contributed by atoms with Gasteiger partial charge in [0.15, 0.2) is 0 Å². The highest BCUT2D eigenvalue weighted by atomic mass is 15.3. The summed E-state index contributed by atoms with van der Waals surface area (Å²) in [6, 6.07) is 0. The summed E-state index contributed by atoms with van der Waals surface area (Å²) in [4.78, 5) is 7.20. The van der Waals surface area contributed by atoms with E-state index in [-0.39, 0.29) is 0 Å². The van der Waals surface area contributed by atoms with Gasteiger partial charge >= 0.3 is 0 Å². The lowest BCUT2D eigenvalue weighted by atomic mass is 10.3. The lowest BCUT2D eigenvalue weighted by Crippen LogP contribution is -2.49. The molecule has 1 aliphatic rings. The molecule has 0 aromatic carbocycles. The van der Waals surface area contributed by atoms with Gasteiger partial charge in [-0.05, 0) is 14.1 Å². The Kier molecular flexibility index (Phi) is 7.72. The standard InChI is InChI=1S/C12H29N5/c1-15(2)7-4-14-5-8-17-11-9-16(6-3-13)10-12-17/h14H,3-13H2,1-2H3. The molecule has 0 aliphatic carbocycles. The molecule has 0 amide bonds. The molecule has 5 heteroatoms. The van der Waals surface area contributed by atoms with Crippen LogP contribution in [0.25, 0.3) is 0 Å². The van der Waals surface area contributed by atoms with Crippen LogP contribution in [0.15, 0.2) is 0 Å². The van der Waals surface area contributed by atoms with Crippen LogP contribution in [0.5, 0.6) is 0 Å². The molecule has 0 aromatic heterocycles. The largest absolute Gasteiger partial charge is 0.329 e. The molecule has 1 saturated heterocycles. The lowest BCUT2D eigenvalue weighted by molar-refractivity contribution is 0.135. The molecule has 0 aromatic rings. The van der Waals surface area contributed by atoms with E-state index >= 15 is 0 Å². The number of hydrogen-bond acceptors (Lipinski definition) is 5. The number of nitrogens with one attached hydrogen (secondary N) is 1. The Morgan fingerprint density at radius 1 is 1.00 bits per heavy atom. The van der Waals surface area contributed by atoms with Crippen molar-refractivity contribution in [3.8, 4) is 0 Å². The first-order valence-corrected chi connectivity index (χ1v) is 6.72. The Morgan fingerprint density at radius 3 is 2.12 bits per heavy atom. The van der Waals surface area contributed by atoms with Gasteiger partial charge in [-0.3, -0.25) is 9.80 Å². The van der Waals surface area contributed by atoms with Crippen molar-refractivity contribution in [2.45, 2.75) is 0 Å². The molecule has 1 fully saturated rings. The van der Waals surface area contributed by atoms with E-state index in [2.05, 4.69) is 34.1 Å². The number of piperazine rings is 1. The van der Waals surface area contributed by atoms with E-state index in [4.69, 9.17) is 5.73 Å². The second-order valence-electron chi connectivity index (χ2n) is 5.03. The SMILES string of the molecule is CN(C)CCNCCN1CCN(CCN)CC1. The van der Waals surface area contributed by atoms with Gasteiger partial charge in [-0.25, -0.2) is 0 Å². The predicted molar refractivity (Wildman–Crippen MR) is 73.4 cm³/mol. The lowest BCUT2D eigenvalue weighted by Gasteiger charge is -2.34. The summed E-state index contributed by atoms with van der Waals surface area (Å²) in [6.45, 7) is 11.0. The molecule has 0 radical (unpaired) electrons. The van der Waals surface area contributed by atoms with Gasteiger partial charge in [-0.15, -0.1) is 0 Å². The van der Waals surface area contributed by atoms with E-state index < -0.39 is 0 Å². The van der Waals surface area contributed by atoms with Crippen LogP contribution in [0.2, 0.25) is 0 Å². The second-order valence-corrected chi connectivity index (χ2v) is 5.03. The van der Waals surface area contributed by atoms with Crippen molar-refractivity contribution in [1.82, 2.24) is 20.0 Å². The maximum Gasteiger partial charge on any atom is 0.0110 e. The van der Waals surface area contributed by atoms with Crippen LogP contribution in [-0.4, -0.2) is 94.2 Å². The minimum absolute atomic E-state index is 0.784. The Balaban J connectivity index is 1.95. The molecular weight excluding hydrogens is 214 g/mol. The predicted octanol–water partition coefficient (Wildman–Crippen LogP) is -1.29. The molecule has 102 valence electrons. The van der Waals surface area contributed by atoms with E-state index in [0.717, 1.165) is 32.7 Å². The van der Waals surface area contributed by atoms with Crippen LogP contribution in [0.1, 0.15) is 0 Å². The van der Waals surface area contributed by atoms with Crippen LogP contribution in [-0.2, 0) is 0 Å². The molecule has 0 atom stereocenters. The maximum absolute atomic E-state index is 5.56. The molecule has 1 aliphatic heterocycles. The van der Waals surface area contributed by atoms with E-state index in [1.165, 1.54) is 32.7 Å². The fourth-order valence-electron chi connectivity index (χ4n) is 2.08. The Morgan fingerprint density at radius 2 is 1.59 bits per heavy atom. The van der Waals surface area contributed by atoms with Gasteiger partial charge in [-0.2, -0.15) is 0 Å². The number of hydrogen-bond donors (Lipinski definition) is 2. The van der Waals surface area contributed by atoms with Crippen molar-refractivity contribution in [2.75, 3.05) is 79.5 Å². The van der Waals surface area contributed by atoms with Gasteiger partial charge in [-0.1, -0.05) is 0 Å². The highest BCUT2D eigenvalue weighted by Crippen LogP contribution is 1.99. The molecule has 0 spiro atoms. The van der Waals surface area contributed by atoms with E-state index in [0.29, 0.717) is 0 Å². The third-order valence-corrected chi connectivity index (χ3v) is 3.25. The first-order valence-electron chi connectivity index (χ1n) is 6.72. The fourth-order valence-corrected chi connectivity index (χ4v) is 2.08. The summed E-state index contributed by atoms with van der Waals surface area (Å²) in [5.74, 6) is 0. The Bertz CT molecular complexity index is 178. The zero-order valence-corrected chi connectivity index (χ0v) is 11.5. The van der Waals surface area contributed by atoms with Crippen LogP contribution in [0, 0.1) is 0 Å². The molecule has 0 bridgehead atoms. The van der Waals surface area contributed by atoms with Gasteiger partial charge in [0.1, 0.15) is 0 Å². The van der Waals surface area contributed by atoms with Crippen molar-refractivity contribution in [1.29, 1.82) is 0 Å². The average molecular weight is 243 g/mol. The third-order valence-electron chi connectivity index (χ3n) is 3.25. The fraction of sp³-hybridized carbons (Fsp3) is 1.00. The van der Waals surface area contributed by atoms with Gasteiger partial charge in [0.25, 0.3) is 0 Å². The first-order chi connectivity index (χ1) is 8.22. The molecule has 1 heterocycles. The Labute approximate surface area is 106 Å². The number of rotatable bonds is 8. The van der Waals surface area contributed by atoms with E-state index in [9.17, 15) is 0 Å². The first kappa shape index (κ1) is 14.9. The number of nitrogens with two attached hydrogens (primary N) is 1. The van der Waals surface area contributed by atoms with Gasteiger partial charge in [0.05, 0.1) is 0 Å². The third kappa shape index (κ3) is 6.95. The topological polar surface area (TPSA) is 47.8 Å². The summed E-state index contributed by atoms with van der Waals surface area (Å²) in [5.41, 5.74) is 5.56. The zero-order chi connectivity index (χ0) is 12.5. The number of likely N-dealkylation sites (N-methyl/N-ethyl adjacent to an activating group) is 1. The highest BCUT2D eigenvalue weighted by molar-refractivity contribution is 4.72. The van der Waals surface area contributed by atoms with Crippen LogP contribution in [0.3, 0.4) is 0 Å². The van der Waals surface area contributed by atoms with Crippen molar-refractivity contribution >= 4 is 0 Å². The number of nitrogens with zero attached hydrogens (tertiary/aromatic N) is 3. The van der Waals surface area contributed by atoms with Crippen molar-refractivity contribution in [3.05, 3.63) is 0 Å². The summed E-state index contributed by atoms with van der Waals surface area (Å²) in [6.07, 6.45) is 0.